The largest absolute Gasteiger partial charge is 0.346 e. The van der Waals surface area contributed by atoms with E-state index in [1.54, 1.807) is 0 Å². The summed E-state index contributed by atoms with van der Waals surface area (Å²) in [4.78, 5) is 13.4. The molecule has 0 spiro atoms. The number of rotatable bonds is 3. The fourth-order valence-electron chi connectivity index (χ4n) is 2.77. The van der Waals surface area contributed by atoms with Gasteiger partial charge in [0.1, 0.15) is 0 Å². The lowest BCUT2D eigenvalue weighted by atomic mass is 10.1. The highest BCUT2D eigenvalue weighted by Gasteiger charge is 2.35. The van der Waals surface area contributed by atoms with Gasteiger partial charge in [-0.05, 0) is 17.5 Å². The lowest BCUT2D eigenvalue weighted by Crippen LogP contribution is -2.47. The number of piperidine rings is 1. The molecular weight excluding hydrogens is 288 g/mol. The number of halogens is 2. The molecule has 3 rings (SSSR count). The quantitative estimate of drug-likeness (QED) is 0.929. The summed E-state index contributed by atoms with van der Waals surface area (Å²) in [5, 5.41) is 3.96. The number of nitrogens with one attached hydrogen (secondary N) is 1. The summed E-state index contributed by atoms with van der Waals surface area (Å²) < 4.78 is 28.2. The Morgan fingerprint density at radius 1 is 1.18 bits per heavy atom. The molecule has 1 aliphatic heterocycles. The highest BCUT2D eigenvalue weighted by atomic mass is 19.3. The highest BCUT2D eigenvalue weighted by molar-refractivity contribution is 5.80. The first kappa shape index (κ1) is 14.8. The molecule has 0 radical (unpaired) electrons. The van der Waals surface area contributed by atoms with Gasteiger partial charge in [-0.15, -0.1) is 0 Å². The molecule has 0 saturated carbocycles. The van der Waals surface area contributed by atoms with Crippen molar-refractivity contribution in [2.24, 2.45) is 0 Å². The van der Waals surface area contributed by atoms with Crippen LogP contribution in [-0.4, -0.2) is 41.1 Å². The van der Waals surface area contributed by atoms with E-state index in [0.29, 0.717) is 13.1 Å². The molecule has 2 heterocycles. The van der Waals surface area contributed by atoms with Gasteiger partial charge in [0.2, 0.25) is 0 Å². The van der Waals surface area contributed by atoms with Crippen molar-refractivity contribution >= 4 is 16.9 Å². The Balaban J connectivity index is 1.50. The Hall–Kier alpha value is -2.11. The van der Waals surface area contributed by atoms with Crippen LogP contribution in [0.1, 0.15) is 12.8 Å². The number of fused-ring (bicyclic) bond motifs is 1. The number of hydrogen-bond donors (Lipinski definition) is 1. The number of carbonyl (C=O) groups excluding carboxylic acids is 1. The zero-order chi connectivity index (χ0) is 15.6. The van der Waals surface area contributed by atoms with Crippen molar-refractivity contribution in [3.8, 4) is 0 Å². The lowest BCUT2D eigenvalue weighted by Gasteiger charge is -2.31. The van der Waals surface area contributed by atoms with E-state index >= 15 is 0 Å². The van der Waals surface area contributed by atoms with Gasteiger partial charge in [0.05, 0.1) is 0 Å². The van der Waals surface area contributed by atoms with Gasteiger partial charge >= 0.3 is 6.03 Å². The van der Waals surface area contributed by atoms with Gasteiger partial charge in [-0.3, -0.25) is 0 Å². The number of benzene rings is 1. The molecule has 1 N–H and O–H groups in total. The van der Waals surface area contributed by atoms with Crippen LogP contribution in [0, 0.1) is 0 Å². The van der Waals surface area contributed by atoms with Crippen LogP contribution in [0.2, 0.25) is 0 Å². The Bertz CT molecular complexity index is 658. The molecule has 0 aliphatic carbocycles. The summed E-state index contributed by atoms with van der Waals surface area (Å²) in [6.45, 7) is 1.37. The molecule has 22 heavy (non-hydrogen) atoms. The Morgan fingerprint density at radius 3 is 2.68 bits per heavy atom. The van der Waals surface area contributed by atoms with E-state index in [-0.39, 0.29) is 32.0 Å². The molecule has 0 bridgehead atoms. The molecular formula is C16H19F2N3O. The minimum Gasteiger partial charge on any atom is -0.346 e. The minimum absolute atomic E-state index is 0.116. The Morgan fingerprint density at radius 2 is 1.91 bits per heavy atom. The molecule has 1 fully saturated rings. The average molecular weight is 307 g/mol. The van der Waals surface area contributed by atoms with Crippen LogP contribution in [0.4, 0.5) is 13.6 Å². The van der Waals surface area contributed by atoms with Crippen molar-refractivity contribution in [1.29, 1.82) is 0 Å². The van der Waals surface area contributed by atoms with Crippen molar-refractivity contribution in [3.05, 3.63) is 36.5 Å². The molecule has 1 aliphatic rings. The van der Waals surface area contributed by atoms with Gasteiger partial charge < -0.3 is 14.8 Å². The first-order valence-electron chi connectivity index (χ1n) is 7.50. The second-order valence-electron chi connectivity index (χ2n) is 5.64. The summed E-state index contributed by atoms with van der Waals surface area (Å²) in [5.41, 5.74) is 1.12. The number of alkyl halides is 2. The fourth-order valence-corrected chi connectivity index (χ4v) is 2.77. The SMILES string of the molecule is O=C(NCCn1ccc2ccccc21)N1CCC(F)(F)CC1. The maximum Gasteiger partial charge on any atom is 0.317 e. The fraction of sp³-hybridized carbons (Fsp3) is 0.438. The number of hydrogen-bond acceptors (Lipinski definition) is 1. The number of aromatic nitrogens is 1. The first-order valence-corrected chi connectivity index (χ1v) is 7.50. The highest BCUT2D eigenvalue weighted by Crippen LogP contribution is 2.27. The van der Waals surface area contributed by atoms with Crippen LogP contribution in [-0.2, 0) is 6.54 Å². The number of carbonyl (C=O) groups is 1. The summed E-state index contributed by atoms with van der Waals surface area (Å²) >= 11 is 0. The van der Waals surface area contributed by atoms with E-state index in [1.165, 1.54) is 4.90 Å². The molecule has 2 amide bonds. The van der Waals surface area contributed by atoms with E-state index in [0.717, 1.165) is 10.9 Å². The lowest BCUT2D eigenvalue weighted by molar-refractivity contribution is -0.0469. The number of likely N-dealkylation sites (tertiary alicyclic amines) is 1. The number of amides is 2. The third kappa shape index (κ3) is 3.21. The average Bonchev–Trinajstić information content (AvgIpc) is 2.90. The van der Waals surface area contributed by atoms with Crippen LogP contribution in [0.3, 0.4) is 0 Å². The normalized spacial score (nSPS) is 17.6. The van der Waals surface area contributed by atoms with Crippen molar-refractivity contribution in [1.82, 2.24) is 14.8 Å². The van der Waals surface area contributed by atoms with Gasteiger partial charge in [0.15, 0.2) is 0 Å². The smallest absolute Gasteiger partial charge is 0.317 e. The van der Waals surface area contributed by atoms with E-state index in [4.69, 9.17) is 0 Å². The topological polar surface area (TPSA) is 37.3 Å². The van der Waals surface area contributed by atoms with Crippen LogP contribution >= 0.6 is 0 Å². The second-order valence-corrected chi connectivity index (χ2v) is 5.64. The Kier molecular flexibility index (Phi) is 4.00. The van der Waals surface area contributed by atoms with Crippen molar-refractivity contribution in [2.75, 3.05) is 19.6 Å². The van der Waals surface area contributed by atoms with Crippen LogP contribution in [0.25, 0.3) is 10.9 Å². The standard InChI is InChI=1S/C16H19F2N3O/c17-16(18)6-10-21(11-7-16)15(22)19-8-12-20-9-5-13-3-1-2-4-14(13)20/h1-5,9H,6-8,10-12H2,(H,19,22). The van der Waals surface area contributed by atoms with Crippen molar-refractivity contribution < 1.29 is 13.6 Å². The van der Waals surface area contributed by atoms with Gasteiger partial charge in [0, 0.05) is 50.7 Å². The number of para-hydroxylation sites is 1. The molecule has 118 valence electrons. The van der Waals surface area contributed by atoms with Crippen LogP contribution in [0.5, 0.6) is 0 Å². The number of urea groups is 1. The summed E-state index contributed by atoms with van der Waals surface area (Å²) in [5.74, 6) is -2.62. The third-order valence-electron chi connectivity index (χ3n) is 4.09. The monoisotopic (exact) mass is 307 g/mol. The molecule has 4 nitrogen and oxygen atoms in total. The summed E-state index contributed by atoms with van der Waals surface area (Å²) in [6, 6.07) is 9.81. The van der Waals surface area contributed by atoms with E-state index in [1.807, 2.05) is 36.5 Å². The summed E-state index contributed by atoms with van der Waals surface area (Å²) in [7, 11) is 0. The molecule has 0 unspecified atom stereocenters. The van der Waals surface area contributed by atoms with Gasteiger partial charge in [-0.1, -0.05) is 18.2 Å². The van der Waals surface area contributed by atoms with E-state index in [9.17, 15) is 13.6 Å². The predicted octanol–water partition coefficient (Wildman–Crippen LogP) is 3.08. The summed E-state index contributed by atoms with van der Waals surface area (Å²) in [6.07, 6.45) is 1.49. The number of nitrogens with zero attached hydrogens (tertiary/aromatic N) is 2. The zero-order valence-corrected chi connectivity index (χ0v) is 12.3. The second kappa shape index (κ2) is 5.94. The maximum absolute atomic E-state index is 13.1. The van der Waals surface area contributed by atoms with Crippen molar-refractivity contribution in [3.63, 3.8) is 0 Å². The van der Waals surface area contributed by atoms with Gasteiger partial charge in [-0.25, -0.2) is 13.6 Å². The van der Waals surface area contributed by atoms with Gasteiger partial charge in [0.25, 0.3) is 5.92 Å². The molecule has 2 aromatic rings. The maximum atomic E-state index is 13.1. The predicted molar refractivity (Wildman–Crippen MR) is 81.1 cm³/mol. The molecule has 1 aromatic carbocycles. The Labute approximate surface area is 127 Å². The molecule has 0 atom stereocenters. The van der Waals surface area contributed by atoms with Gasteiger partial charge in [-0.2, -0.15) is 0 Å². The zero-order valence-electron chi connectivity index (χ0n) is 12.3. The molecule has 6 heteroatoms. The van der Waals surface area contributed by atoms with E-state index < -0.39 is 5.92 Å². The van der Waals surface area contributed by atoms with Crippen molar-refractivity contribution in [2.45, 2.75) is 25.3 Å². The minimum atomic E-state index is -2.62. The van der Waals surface area contributed by atoms with Crippen LogP contribution < -0.4 is 5.32 Å². The molecule has 1 saturated heterocycles. The van der Waals surface area contributed by atoms with Crippen LogP contribution in [0.15, 0.2) is 36.5 Å². The van der Waals surface area contributed by atoms with E-state index in [2.05, 4.69) is 9.88 Å². The third-order valence-corrected chi connectivity index (χ3v) is 4.09. The molecule has 1 aromatic heterocycles. The first-order chi connectivity index (χ1) is 10.6.